The minimum Gasteiger partial charge on any atom is -0.388 e. The van der Waals surface area contributed by atoms with Crippen molar-refractivity contribution in [3.05, 3.63) is 71.9 Å². The summed E-state index contributed by atoms with van der Waals surface area (Å²) < 4.78 is 0. The Morgan fingerprint density at radius 2 is 1.41 bits per heavy atom. The summed E-state index contributed by atoms with van der Waals surface area (Å²) in [5.41, 5.74) is 6.44. The second kappa shape index (κ2) is 10.4. The fourth-order valence-electron chi connectivity index (χ4n) is 3.93. The molecule has 1 aliphatic rings. The number of benzene rings is 2. The van der Waals surface area contributed by atoms with Crippen LogP contribution in [0.25, 0.3) is 0 Å². The van der Waals surface area contributed by atoms with Gasteiger partial charge in [-0.15, -0.1) is 0 Å². The normalized spacial score (nSPS) is 15.3. The lowest BCUT2D eigenvalue weighted by Gasteiger charge is -2.37. The number of rotatable bonds is 9. The predicted molar refractivity (Wildman–Crippen MR) is 127 cm³/mol. The van der Waals surface area contributed by atoms with Gasteiger partial charge in [0.25, 0.3) is 0 Å². The smallest absolute Gasteiger partial charge is 0.0367 e. The monoisotopic (exact) mass is 391 g/mol. The van der Waals surface area contributed by atoms with Crippen LogP contribution in [0, 0.1) is 6.92 Å². The summed E-state index contributed by atoms with van der Waals surface area (Å²) in [6.07, 6.45) is 3.75. The quantitative estimate of drug-likeness (QED) is 0.552. The number of allylic oxidation sites excluding steroid dienone is 1. The molecule has 1 atom stereocenters. The van der Waals surface area contributed by atoms with Gasteiger partial charge < -0.3 is 15.1 Å². The van der Waals surface area contributed by atoms with Gasteiger partial charge in [0.15, 0.2) is 0 Å². The number of anilines is 2. The van der Waals surface area contributed by atoms with E-state index in [-0.39, 0.29) is 0 Å². The molecule has 0 saturated carbocycles. The van der Waals surface area contributed by atoms with Gasteiger partial charge in [0, 0.05) is 55.7 Å². The molecule has 3 heteroatoms. The van der Waals surface area contributed by atoms with Crippen LogP contribution in [0.4, 0.5) is 11.4 Å². The predicted octanol–water partition coefficient (Wildman–Crippen LogP) is 5.72. The Morgan fingerprint density at radius 3 is 1.93 bits per heavy atom. The van der Waals surface area contributed by atoms with Crippen molar-refractivity contribution in [2.24, 2.45) is 0 Å². The van der Waals surface area contributed by atoms with E-state index in [0.717, 1.165) is 38.4 Å². The van der Waals surface area contributed by atoms with Crippen LogP contribution in [0.2, 0.25) is 0 Å². The molecular formula is C26H37N3. The highest BCUT2D eigenvalue weighted by atomic mass is 15.3. The largest absolute Gasteiger partial charge is 0.388 e. The van der Waals surface area contributed by atoms with Crippen molar-refractivity contribution >= 4 is 11.4 Å². The van der Waals surface area contributed by atoms with Crippen molar-refractivity contribution in [2.45, 2.75) is 46.0 Å². The molecule has 1 fully saturated rings. The van der Waals surface area contributed by atoms with Crippen LogP contribution in [-0.2, 0) is 0 Å². The van der Waals surface area contributed by atoms with Crippen molar-refractivity contribution in [3.8, 4) is 0 Å². The summed E-state index contributed by atoms with van der Waals surface area (Å²) in [5, 5.41) is 3.51. The van der Waals surface area contributed by atoms with E-state index in [1.807, 2.05) is 0 Å². The van der Waals surface area contributed by atoms with Gasteiger partial charge in [-0.1, -0.05) is 63.1 Å². The van der Waals surface area contributed by atoms with Gasteiger partial charge in [0.05, 0.1) is 0 Å². The van der Waals surface area contributed by atoms with Crippen LogP contribution in [0.3, 0.4) is 0 Å². The fraction of sp³-hybridized carbons (Fsp3) is 0.462. The van der Waals surface area contributed by atoms with E-state index < -0.39 is 0 Å². The average molecular weight is 392 g/mol. The first kappa shape index (κ1) is 21.3. The number of piperazine rings is 1. The Kier molecular flexibility index (Phi) is 7.62. The number of hydrogen-bond donors (Lipinski definition) is 1. The van der Waals surface area contributed by atoms with E-state index >= 15 is 0 Å². The van der Waals surface area contributed by atoms with Crippen LogP contribution in [0.1, 0.15) is 50.2 Å². The zero-order valence-electron chi connectivity index (χ0n) is 18.5. The maximum absolute atomic E-state index is 4.26. The van der Waals surface area contributed by atoms with E-state index in [4.69, 9.17) is 0 Å². The van der Waals surface area contributed by atoms with Crippen LogP contribution < -0.4 is 15.1 Å². The first-order valence-electron chi connectivity index (χ1n) is 11.2. The van der Waals surface area contributed by atoms with Gasteiger partial charge in [-0.25, -0.2) is 0 Å². The number of nitrogens with one attached hydrogen (secondary N) is 1. The zero-order valence-corrected chi connectivity index (χ0v) is 18.5. The molecule has 156 valence electrons. The van der Waals surface area contributed by atoms with Gasteiger partial charge in [0.1, 0.15) is 0 Å². The molecule has 0 spiro atoms. The molecule has 2 aromatic carbocycles. The highest BCUT2D eigenvalue weighted by Gasteiger charge is 2.18. The van der Waals surface area contributed by atoms with Gasteiger partial charge in [-0.05, 0) is 43.2 Å². The molecule has 0 aliphatic carbocycles. The van der Waals surface area contributed by atoms with Crippen molar-refractivity contribution in [3.63, 3.8) is 0 Å². The molecule has 0 aromatic heterocycles. The summed E-state index contributed by atoms with van der Waals surface area (Å²) >= 11 is 0. The first-order chi connectivity index (χ1) is 14.1. The molecule has 0 amide bonds. The summed E-state index contributed by atoms with van der Waals surface area (Å²) in [6, 6.07) is 18.0. The molecule has 1 heterocycles. The molecular weight excluding hydrogens is 354 g/mol. The number of hydrogen-bond acceptors (Lipinski definition) is 3. The third-order valence-electron chi connectivity index (χ3n) is 6.09. The Hall–Kier alpha value is -2.42. The van der Waals surface area contributed by atoms with Gasteiger partial charge >= 0.3 is 0 Å². The van der Waals surface area contributed by atoms with E-state index in [1.54, 1.807) is 0 Å². The Labute approximate surface area is 177 Å². The third kappa shape index (κ3) is 5.79. The molecule has 3 rings (SSSR count). The van der Waals surface area contributed by atoms with Crippen LogP contribution in [0.5, 0.6) is 0 Å². The molecule has 1 saturated heterocycles. The molecule has 0 bridgehead atoms. The number of unbranched alkanes of at least 4 members (excludes halogenated alkanes) is 2. The lowest BCUT2D eigenvalue weighted by molar-refractivity contribution is 0.641. The second-order valence-electron chi connectivity index (χ2n) is 8.28. The third-order valence-corrected chi connectivity index (χ3v) is 6.09. The van der Waals surface area contributed by atoms with Crippen molar-refractivity contribution in [1.82, 2.24) is 5.32 Å². The van der Waals surface area contributed by atoms with Crippen LogP contribution >= 0.6 is 0 Å². The van der Waals surface area contributed by atoms with Gasteiger partial charge in [0.2, 0.25) is 0 Å². The fourth-order valence-corrected chi connectivity index (χ4v) is 3.93. The summed E-state index contributed by atoms with van der Waals surface area (Å²) in [6.45, 7) is 16.2. The molecule has 0 radical (unpaired) electrons. The highest BCUT2D eigenvalue weighted by Crippen LogP contribution is 2.25. The highest BCUT2D eigenvalue weighted by molar-refractivity contribution is 5.53. The summed E-state index contributed by atoms with van der Waals surface area (Å²) in [4.78, 5) is 4.98. The van der Waals surface area contributed by atoms with Crippen LogP contribution in [0.15, 0.2) is 60.8 Å². The van der Waals surface area contributed by atoms with Gasteiger partial charge in [-0.3, -0.25) is 0 Å². The van der Waals surface area contributed by atoms with E-state index in [0.29, 0.717) is 5.92 Å². The SMILES string of the molecule is C=C(NCCCCC)C(C)c1ccc(N2CCN(c3ccc(C)cc3)CC2)cc1. The van der Waals surface area contributed by atoms with Crippen molar-refractivity contribution < 1.29 is 0 Å². The molecule has 1 N–H and O–H groups in total. The average Bonchev–Trinajstić information content (AvgIpc) is 2.77. The molecule has 1 aliphatic heterocycles. The van der Waals surface area contributed by atoms with E-state index in [1.165, 1.54) is 41.8 Å². The van der Waals surface area contributed by atoms with Crippen molar-refractivity contribution in [1.29, 1.82) is 0 Å². The lowest BCUT2D eigenvalue weighted by Crippen LogP contribution is -2.46. The summed E-state index contributed by atoms with van der Waals surface area (Å²) in [5.74, 6) is 0.337. The lowest BCUT2D eigenvalue weighted by atomic mass is 9.97. The standard InChI is InChI=1S/C26H37N3/c1-5-6-7-16-27-23(4)22(3)24-10-14-26(15-11-24)29-19-17-28(18-20-29)25-12-8-21(2)9-13-25/h8-15,22,27H,4-7,16-20H2,1-3H3. The first-order valence-corrected chi connectivity index (χ1v) is 11.2. The molecule has 1 unspecified atom stereocenters. The Balaban J connectivity index is 1.51. The maximum atomic E-state index is 4.26. The van der Waals surface area contributed by atoms with Crippen LogP contribution in [-0.4, -0.2) is 32.7 Å². The van der Waals surface area contributed by atoms with Crippen molar-refractivity contribution in [2.75, 3.05) is 42.5 Å². The minimum absolute atomic E-state index is 0.337. The Morgan fingerprint density at radius 1 is 0.897 bits per heavy atom. The Bertz CT molecular complexity index is 756. The minimum atomic E-state index is 0.337. The zero-order chi connectivity index (χ0) is 20.6. The number of nitrogens with zero attached hydrogens (tertiary/aromatic N) is 2. The van der Waals surface area contributed by atoms with E-state index in [2.05, 4.69) is 91.0 Å². The molecule has 2 aromatic rings. The molecule has 29 heavy (non-hydrogen) atoms. The maximum Gasteiger partial charge on any atom is 0.0367 e. The van der Waals surface area contributed by atoms with E-state index in [9.17, 15) is 0 Å². The van der Waals surface area contributed by atoms with Gasteiger partial charge in [-0.2, -0.15) is 0 Å². The summed E-state index contributed by atoms with van der Waals surface area (Å²) in [7, 11) is 0. The topological polar surface area (TPSA) is 18.5 Å². The molecule has 3 nitrogen and oxygen atoms in total. The number of aryl methyl sites for hydroxylation is 1. The second-order valence-corrected chi connectivity index (χ2v) is 8.28.